The first kappa shape index (κ1) is 19.4. The molecule has 1 heterocycles. The number of nitrogen functional groups attached to an aromatic ring is 1. The van der Waals surface area contributed by atoms with Gasteiger partial charge in [0.2, 0.25) is 5.91 Å². The van der Waals surface area contributed by atoms with Gasteiger partial charge >= 0.3 is 0 Å². The van der Waals surface area contributed by atoms with E-state index in [4.69, 9.17) is 15.9 Å². The van der Waals surface area contributed by atoms with Crippen molar-refractivity contribution in [3.8, 4) is 5.75 Å². The zero-order chi connectivity index (χ0) is 20.1. The summed E-state index contributed by atoms with van der Waals surface area (Å²) in [6.45, 7) is 2.38. The molecule has 28 heavy (non-hydrogen) atoms. The average Bonchev–Trinajstić information content (AvgIpc) is 2.69. The van der Waals surface area contributed by atoms with Gasteiger partial charge in [-0.15, -0.1) is 0 Å². The summed E-state index contributed by atoms with van der Waals surface area (Å²) in [5.41, 5.74) is 7.48. The zero-order valence-electron chi connectivity index (χ0n) is 15.8. The van der Waals surface area contributed by atoms with Gasteiger partial charge in [-0.05, 0) is 56.2 Å². The maximum Gasteiger partial charge on any atom is 0.265 e. The van der Waals surface area contributed by atoms with E-state index in [9.17, 15) is 9.59 Å². The van der Waals surface area contributed by atoms with Crippen molar-refractivity contribution in [1.82, 2.24) is 0 Å². The maximum absolute atomic E-state index is 12.4. The molecule has 0 spiro atoms. The smallest absolute Gasteiger partial charge is 0.265 e. The summed E-state index contributed by atoms with van der Waals surface area (Å²) in [5.74, 6) is 0.247. The van der Waals surface area contributed by atoms with Gasteiger partial charge in [0.1, 0.15) is 11.6 Å². The third kappa shape index (κ3) is 4.68. The van der Waals surface area contributed by atoms with Gasteiger partial charge in [0, 0.05) is 29.9 Å². The molecule has 3 rings (SSSR count). The second kappa shape index (κ2) is 8.56. The van der Waals surface area contributed by atoms with E-state index in [-0.39, 0.29) is 17.6 Å². The fourth-order valence-electron chi connectivity index (χ4n) is 3.04. The van der Waals surface area contributed by atoms with E-state index < -0.39 is 6.10 Å². The van der Waals surface area contributed by atoms with E-state index in [1.54, 1.807) is 48.2 Å². The summed E-state index contributed by atoms with van der Waals surface area (Å²) in [6, 6.07) is 14.0. The van der Waals surface area contributed by atoms with Crippen LogP contribution in [0.3, 0.4) is 0 Å². The monoisotopic (exact) mass is 380 g/mol. The number of nitrogens with two attached hydrogens (primary N) is 1. The predicted octanol–water partition coefficient (Wildman–Crippen LogP) is 2.89. The summed E-state index contributed by atoms with van der Waals surface area (Å²) >= 11 is 0. The largest absolute Gasteiger partial charge is 0.481 e. The Labute approximate surface area is 164 Å². The molecule has 7 heteroatoms. The molecular formula is C21H24N4O3. The Morgan fingerprint density at radius 3 is 2.64 bits per heavy atom. The van der Waals surface area contributed by atoms with E-state index >= 15 is 0 Å². The van der Waals surface area contributed by atoms with Crippen LogP contribution >= 0.6 is 0 Å². The molecule has 0 aromatic heterocycles. The van der Waals surface area contributed by atoms with Crippen LogP contribution in [0.1, 0.15) is 31.7 Å². The highest BCUT2D eigenvalue weighted by Gasteiger charge is 2.20. The highest BCUT2D eigenvalue weighted by molar-refractivity contribution is 5.96. The Balaban J connectivity index is 1.60. The molecule has 0 aliphatic carbocycles. The number of carbonyl (C=O) groups is 2. The summed E-state index contributed by atoms with van der Waals surface area (Å²) in [6.07, 6.45) is 1.80. The van der Waals surface area contributed by atoms with Crippen LogP contribution in [0.5, 0.6) is 5.75 Å². The topological polar surface area (TPSA) is 109 Å². The molecule has 1 atom stereocenters. The molecule has 1 saturated heterocycles. The van der Waals surface area contributed by atoms with E-state index in [0.717, 1.165) is 25.1 Å². The summed E-state index contributed by atoms with van der Waals surface area (Å²) in [5, 5.41) is 10.3. The second-order valence-electron chi connectivity index (χ2n) is 6.74. The number of ether oxygens (including phenoxy) is 1. The number of benzene rings is 2. The zero-order valence-corrected chi connectivity index (χ0v) is 15.8. The summed E-state index contributed by atoms with van der Waals surface area (Å²) < 4.78 is 5.65. The van der Waals surface area contributed by atoms with Gasteiger partial charge in [-0.3, -0.25) is 15.0 Å². The molecule has 7 nitrogen and oxygen atoms in total. The lowest BCUT2D eigenvalue weighted by Crippen LogP contribution is -2.35. The lowest BCUT2D eigenvalue weighted by Gasteiger charge is -2.27. The Bertz CT molecular complexity index is 879. The number of amides is 2. The van der Waals surface area contributed by atoms with Gasteiger partial charge in [-0.25, -0.2) is 0 Å². The molecule has 146 valence electrons. The van der Waals surface area contributed by atoms with Crippen LogP contribution in [0.2, 0.25) is 0 Å². The Hall–Kier alpha value is -3.35. The van der Waals surface area contributed by atoms with Crippen molar-refractivity contribution in [2.75, 3.05) is 16.8 Å². The van der Waals surface area contributed by atoms with Crippen LogP contribution < -0.4 is 20.7 Å². The number of carbonyl (C=O) groups excluding carboxylic acids is 2. The number of hydrogen-bond donors (Lipinski definition) is 3. The molecular weight excluding hydrogens is 356 g/mol. The average molecular weight is 380 g/mol. The van der Waals surface area contributed by atoms with E-state index in [0.29, 0.717) is 23.4 Å². The minimum absolute atomic E-state index is 0.0603. The third-order valence-electron chi connectivity index (χ3n) is 4.60. The number of hydrogen-bond acceptors (Lipinski definition) is 4. The molecule has 0 bridgehead atoms. The molecule has 2 aromatic rings. The van der Waals surface area contributed by atoms with Gasteiger partial charge in [0.25, 0.3) is 5.91 Å². The van der Waals surface area contributed by atoms with Crippen LogP contribution in [-0.4, -0.2) is 30.3 Å². The molecule has 4 N–H and O–H groups in total. The number of piperidine rings is 1. The first-order valence-electron chi connectivity index (χ1n) is 9.26. The van der Waals surface area contributed by atoms with Crippen molar-refractivity contribution >= 4 is 29.0 Å². The molecule has 1 unspecified atom stereocenters. The fraction of sp³-hybridized carbons (Fsp3) is 0.286. The molecule has 1 aliphatic heterocycles. The van der Waals surface area contributed by atoms with Crippen LogP contribution in [0.15, 0.2) is 48.5 Å². The lowest BCUT2D eigenvalue weighted by molar-refractivity contribution is -0.122. The number of amidine groups is 1. The maximum atomic E-state index is 12.4. The van der Waals surface area contributed by atoms with Gasteiger partial charge < -0.3 is 20.7 Å². The standard InChI is InChI=1S/C21H24N4O3/c1-14(28-18-6-4-5-15(13-18)20(22)23)21(27)24-16-8-10-17(11-9-16)25-12-3-2-7-19(25)26/h4-6,8-11,13-14H,2-3,7,12H2,1H3,(H3,22,23)(H,24,27). The van der Waals surface area contributed by atoms with Crippen molar-refractivity contribution < 1.29 is 14.3 Å². The SMILES string of the molecule is CC(Oc1cccc(C(=N)N)c1)C(=O)Nc1ccc(N2CCCCC2=O)cc1. The fourth-order valence-corrected chi connectivity index (χ4v) is 3.04. The van der Waals surface area contributed by atoms with Gasteiger partial charge in [0.05, 0.1) is 0 Å². The number of nitrogens with one attached hydrogen (secondary N) is 2. The van der Waals surface area contributed by atoms with Gasteiger partial charge in [0.15, 0.2) is 6.10 Å². The minimum atomic E-state index is -0.731. The molecule has 0 saturated carbocycles. The van der Waals surface area contributed by atoms with Crippen LogP contribution in [0.4, 0.5) is 11.4 Å². The number of rotatable bonds is 6. The van der Waals surface area contributed by atoms with Crippen molar-refractivity contribution in [2.24, 2.45) is 5.73 Å². The summed E-state index contributed by atoms with van der Waals surface area (Å²) in [7, 11) is 0. The molecule has 1 aliphatic rings. The molecule has 1 fully saturated rings. The first-order chi connectivity index (χ1) is 13.4. The first-order valence-corrected chi connectivity index (χ1v) is 9.26. The number of anilines is 2. The lowest BCUT2D eigenvalue weighted by atomic mass is 10.1. The highest BCUT2D eigenvalue weighted by atomic mass is 16.5. The van der Waals surface area contributed by atoms with E-state index in [1.165, 1.54) is 0 Å². The predicted molar refractivity (Wildman–Crippen MR) is 109 cm³/mol. The van der Waals surface area contributed by atoms with Gasteiger partial charge in [-0.2, -0.15) is 0 Å². The van der Waals surface area contributed by atoms with Crippen LogP contribution in [-0.2, 0) is 9.59 Å². The van der Waals surface area contributed by atoms with Crippen molar-refractivity contribution in [2.45, 2.75) is 32.3 Å². The molecule has 0 radical (unpaired) electrons. The Kier molecular flexibility index (Phi) is 5.93. The van der Waals surface area contributed by atoms with Gasteiger partial charge in [-0.1, -0.05) is 12.1 Å². The van der Waals surface area contributed by atoms with Crippen LogP contribution in [0.25, 0.3) is 0 Å². The normalized spacial score (nSPS) is 15.0. The second-order valence-corrected chi connectivity index (χ2v) is 6.74. The quantitative estimate of drug-likeness (QED) is 0.529. The molecule has 2 amide bonds. The van der Waals surface area contributed by atoms with Crippen molar-refractivity contribution in [3.05, 3.63) is 54.1 Å². The minimum Gasteiger partial charge on any atom is -0.481 e. The third-order valence-corrected chi connectivity index (χ3v) is 4.60. The van der Waals surface area contributed by atoms with Crippen LogP contribution in [0, 0.1) is 5.41 Å². The highest BCUT2D eigenvalue weighted by Crippen LogP contribution is 2.23. The Morgan fingerprint density at radius 1 is 1.21 bits per heavy atom. The summed E-state index contributed by atoms with van der Waals surface area (Å²) in [4.78, 5) is 26.2. The van der Waals surface area contributed by atoms with E-state index in [1.807, 2.05) is 12.1 Å². The van der Waals surface area contributed by atoms with Crippen molar-refractivity contribution in [3.63, 3.8) is 0 Å². The van der Waals surface area contributed by atoms with Crippen molar-refractivity contribution in [1.29, 1.82) is 5.41 Å². The Morgan fingerprint density at radius 2 is 1.96 bits per heavy atom. The van der Waals surface area contributed by atoms with E-state index in [2.05, 4.69) is 5.32 Å². The molecule has 2 aromatic carbocycles. The number of nitrogens with zero attached hydrogens (tertiary/aromatic N) is 1.